The third-order valence-corrected chi connectivity index (χ3v) is 4.81. The van der Waals surface area contributed by atoms with Gasteiger partial charge in [-0.1, -0.05) is 42.1 Å². The van der Waals surface area contributed by atoms with Crippen LogP contribution in [-0.2, 0) is 4.79 Å². The number of carbonyl (C=O) groups excluding carboxylic acids is 1. The second kappa shape index (κ2) is 8.09. The first-order valence-corrected chi connectivity index (χ1v) is 9.46. The molecule has 0 saturated heterocycles. The summed E-state index contributed by atoms with van der Waals surface area (Å²) in [7, 11) is 0. The molecule has 0 aliphatic carbocycles. The molecule has 0 unspecified atom stereocenters. The van der Waals surface area contributed by atoms with Crippen molar-refractivity contribution in [1.82, 2.24) is 9.97 Å². The van der Waals surface area contributed by atoms with Gasteiger partial charge in [0, 0.05) is 17.3 Å². The van der Waals surface area contributed by atoms with E-state index in [9.17, 15) is 4.79 Å². The van der Waals surface area contributed by atoms with Gasteiger partial charge < -0.3 is 14.8 Å². The van der Waals surface area contributed by atoms with E-state index in [2.05, 4.69) is 15.3 Å². The molecule has 0 saturated carbocycles. The lowest BCUT2D eigenvalue weighted by molar-refractivity contribution is -0.113. The number of ether oxygens (including phenoxy) is 2. The van der Waals surface area contributed by atoms with E-state index in [1.54, 1.807) is 18.2 Å². The molecule has 6 nitrogen and oxygen atoms in total. The Balaban J connectivity index is 1.37. The molecule has 0 fully saturated rings. The number of carbonyl (C=O) groups is 1. The van der Waals surface area contributed by atoms with Crippen LogP contribution >= 0.6 is 11.8 Å². The van der Waals surface area contributed by atoms with Crippen molar-refractivity contribution in [2.75, 3.05) is 24.3 Å². The fourth-order valence-corrected chi connectivity index (χ4v) is 3.31. The second-order valence-electron chi connectivity index (χ2n) is 5.80. The van der Waals surface area contributed by atoms with Gasteiger partial charge in [0.05, 0.1) is 11.4 Å². The van der Waals surface area contributed by atoms with Gasteiger partial charge in [-0.3, -0.25) is 4.79 Å². The Bertz CT molecular complexity index is 950. The van der Waals surface area contributed by atoms with Gasteiger partial charge >= 0.3 is 0 Å². The Labute approximate surface area is 161 Å². The number of amides is 1. The molecule has 0 bridgehead atoms. The van der Waals surface area contributed by atoms with Crippen molar-refractivity contribution >= 4 is 23.4 Å². The maximum absolute atomic E-state index is 12.3. The first kappa shape index (κ1) is 17.4. The highest BCUT2D eigenvalue weighted by atomic mass is 32.2. The highest BCUT2D eigenvalue weighted by Gasteiger charge is 2.13. The minimum absolute atomic E-state index is 0.114. The topological polar surface area (TPSA) is 73.3 Å². The largest absolute Gasteiger partial charge is 0.486 e. The maximum Gasteiger partial charge on any atom is 0.234 e. The van der Waals surface area contributed by atoms with E-state index in [1.807, 2.05) is 36.4 Å². The molecule has 0 radical (unpaired) electrons. The number of benzene rings is 2. The predicted molar refractivity (Wildman–Crippen MR) is 104 cm³/mol. The normalized spacial score (nSPS) is 12.4. The van der Waals surface area contributed by atoms with Crippen molar-refractivity contribution in [2.45, 2.75) is 5.03 Å². The summed E-state index contributed by atoms with van der Waals surface area (Å²) in [6.07, 6.45) is 1.52. The number of fused-ring (bicyclic) bond motifs is 1. The number of anilines is 1. The Morgan fingerprint density at radius 1 is 1.00 bits per heavy atom. The lowest BCUT2D eigenvalue weighted by Crippen LogP contribution is -2.17. The van der Waals surface area contributed by atoms with Gasteiger partial charge in [-0.2, -0.15) is 0 Å². The average Bonchev–Trinajstić information content (AvgIpc) is 2.73. The molecule has 2 aromatic carbocycles. The molecule has 1 aliphatic rings. The lowest BCUT2D eigenvalue weighted by atomic mass is 10.1. The first-order chi connectivity index (χ1) is 13.3. The standard InChI is InChI=1S/C20H17N3O3S/c24-19(23-15-6-7-17-18(10-15)26-9-8-25-17)12-27-20-11-16(21-13-22-20)14-4-2-1-3-5-14/h1-7,10-11,13H,8-9,12H2,(H,23,24). The molecule has 1 aliphatic heterocycles. The number of rotatable bonds is 5. The molecule has 0 spiro atoms. The van der Waals surface area contributed by atoms with Crippen molar-refractivity contribution in [3.05, 3.63) is 60.9 Å². The SMILES string of the molecule is O=C(CSc1cc(-c2ccccc2)ncn1)Nc1ccc2c(c1)OCCO2. The predicted octanol–water partition coefficient (Wildman–Crippen LogP) is 3.65. The number of hydrogen-bond acceptors (Lipinski definition) is 6. The number of nitrogens with one attached hydrogen (secondary N) is 1. The van der Waals surface area contributed by atoms with Crippen molar-refractivity contribution in [1.29, 1.82) is 0 Å². The maximum atomic E-state index is 12.3. The molecule has 7 heteroatoms. The lowest BCUT2D eigenvalue weighted by Gasteiger charge is -2.19. The number of nitrogens with zero attached hydrogens (tertiary/aromatic N) is 2. The summed E-state index contributed by atoms with van der Waals surface area (Å²) in [5.41, 5.74) is 2.53. The van der Waals surface area contributed by atoms with Crippen LogP contribution in [0.25, 0.3) is 11.3 Å². The summed E-state index contributed by atoms with van der Waals surface area (Å²) in [4.78, 5) is 20.8. The first-order valence-electron chi connectivity index (χ1n) is 8.48. The zero-order valence-electron chi connectivity index (χ0n) is 14.4. The van der Waals surface area contributed by atoms with E-state index in [0.717, 1.165) is 16.3 Å². The van der Waals surface area contributed by atoms with Crippen LogP contribution in [0.1, 0.15) is 0 Å². The van der Waals surface area contributed by atoms with Crippen LogP contribution in [0.3, 0.4) is 0 Å². The molecule has 27 heavy (non-hydrogen) atoms. The van der Waals surface area contributed by atoms with E-state index >= 15 is 0 Å². The van der Waals surface area contributed by atoms with Crippen LogP contribution < -0.4 is 14.8 Å². The highest BCUT2D eigenvalue weighted by molar-refractivity contribution is 7.99. The molecule has 136 valence electrons. The van der Waals surface area contributed by atoms with Gasteiger partial charge in [-0.05, 0) is 18.2 Å². The van der Waals surface area contributed by atoms with Crippen LogP contribution in [0.4, 0.5) is 5.69 Å². The van der Waals surface area contributed by atoms with E-state index in [4.69, 9.17) is 9.47 Å². The summed E-state index contributed by atoms with van der Waals surface area (Å²) in [5.74, 6) is 1.48. The number of thioether (sulfide) groups is 1. The number of hydrogen-bond donors (Lipinski definition) is 1. The second-order valence-corrected chi connectivity index (χ2v) is 6.80. The van der Waals surface area contributed by atoms with E-state index < -0.39 is 0 Å². The minimum atomic E-state index is -0.114. The molecule has 1 amide bonds. The summed E-state index contributed by atoms with van der Waals surface area (Å²) in [6.45, 7) is 1.05. The van der Waals surface area contributed by atoms with Crippen molar-refractivity contribution in [3.63, 3.8) is 0 Å². The summed E-state index contributed by atoms with van der Waals surface area (Å²) >= 11 is 1.37. The smallest absolute Gasteiger partial charge is 0.234 e. The summed E-state index contributed by atoms with van der Waals surface area (Å²) in [6, 6.07) is 17.1. The van der Waals surface area contributed by atoms with Gasteiger partial charge in [-0.25, -0.2) is 9.97 Å². The van der Waals surface area contributed by atoms with Gasteiger partial charge in [0.25, 0.3) is 0 Å². The Morgan fingerprint density at radius 3 is 2.67 bits per heavy atom. The molecule has 3 aromatic rings. The minimum Gasteiger partial charge on any atom is -0.486 e. The Kier molecular flexibility index (Phi) is 5.20. The molecule has 0 atom stereocenters. The van der Waals surface area contributed by atoms with Gasteiger partial charge in [-0.15, -0.1) is 0 Å². The van der Waals surface area contributed by atoms with Crippen LogP contribution in [0.15, 0.2) is 66.0 Å². The van der Waals surface area contributed by atoms with Crippen molar-refractivity contribution in [2.24, 2.45) is 0 Å². The zero-order chi connectivity index (χ0) is 18.5. The molecule has 1 N–H and O–H groups in total. The molecule has 4 rings (SSSR count). The molecular formula is C20H17N3O3S. The van der Waals surface area contributed by atoms with Crippen LogP contribution in [0, 0.1) is 0 Å². The van der Waals surface area contributed by atoms with Gasteiger partial charge in [0.2, 0.25) is 5.91 Å². The third kappa shape index (κ3) is 4.38. The summed E-state index contributed by atoms with van der Waals surface area (Å²) in [5, 5.41) is 3.62. The zero-order valence-corrected chi connectivity index (χ0v) is 15.2. The summed E-state index contributed by atoms with van der Waals surface area (Å²) < 4.78 is 11.0. The van der Waals surface area contributed by atoms with Crippen LogP contribution in [0.2, 0.25) is 0 Å². The van der Waals surface area contributed by atoms with E-state index in [1.165, 1.54) is 18.1 Å². The molecule has 2 heterocycles. The van der Waals surface area contributed by atoms with Crippen LogP contribution in [-0.4, -0.2) is 34.8 Å². The van der Waals surface area contributed by atoms with Crippen LogP contribution in [0.5, 0.6) is 11.5 Å². The van der Waals surface area contributed by atoms with E-state index in [-0.39, 0.29) is 11.7 Å². The Morgan fingerprint density at radius 2 is 1.81 bits per heavy atom. The fourth-order valence-electron chi connectivity index (χ4n) is 2.64. The molecule has 1 aromatic heterocycles. The fraction of sp³-hybridized carbons (Fsp3) is 0.150. The third-order valence-electron chi connectivity index (χ3n) is 3.89. The Hall–Kier alpha value is -3.06. The van der Waals surface area contributed by atoms with E-state index in [0.29, 0.717) is 30.4 Å². The highest BCUT2D eigenvalue weighted by Crippen LogP contribution is 2.32. The van der Waals surface area contributed by atoms with Gasteiger partial charge in [0.15, 0.2) is 11.5 Å². The molecular weight excluding hydrogens is 362 g/mol. The quantitative estimate of drug-likeness (QED) is 0.539. The number of aromatic nitrogens is 2. The average molecular weight is 379 g/mol. The van der Waals surface area contributed by atoms with Gasteiger partial charge in [0.1, 0.15) is 24.6 Å². The van der Waals surface area contributed by atoms with Crippen molar-refractivity contribution < 1.29 is 14.3 Å². The monoisotopic (exact) mass is 379 g/mol. The van der Waals surface area contributed by atoms with Crippen molar-refractivity contribution in [3.8, 4) is 22.8 Å².